The number of likely N-dealkylation sites (tertiary alicyclic amines) is 1. The van der Waals surface area contributed by atoms with Crippen LogP contribution in [0.15, 0.2) is 16.7 Å². The van der Waals surface area contributed by atoms with Gasteiger partial charge in [0.15, 0.2) is 11.5 Å². The van der Waals surface area contributed by atoms with Crippen LogP contribution in [-0.2, 0) is 6.54 Å². The monoisotopic (exact) mass is 346 g/mol. The van der Waals surface area contributed by atoms with Crippen LogP contribution in [0.4, 0.5) is 0 Å². The van der Waals surface area contributed by atoms with Crippen LogP contribution in [0.1, 0.15) is 41.5 Å². The lowest BCUT2D eigenvalue weighted by atomic mass is 10.0. The van der Waals surface area contributed by atoms with E-state index in [0.717, 1.165) is 48.7 Å². The highest BCUT2D eigenvalue weighted by molar-refractivity contribution is 5.50. The number of rotatable bonds is 6. The van der Waals surface area contributed by atoms with Gasteiger partial charge in [-0.2, -0.15) is 0 Å². The lowest BCUT2D eigenvalue weighted by molar-refractivity contribution is 0.241. The minimum Gasteiger partial charge on any atom is -0.496 e. The van der Waals surface area contributed by atoms with Gasteiger partial charge >= 0.3 is 0 Å². The molecule has 0 spiro atoms. The van der Waals surface area contributed by atoms with Gasteiger partial charge in [0, 0.05) is 29.8 Å². The largest absolute Gasteiger partial charge is 0.496 e. The van der Waals surface area contributed by atoms with Crippen molar-refractivity contribution in [1.29, 1.82) is 0 Å². The average Bonchev–Trinajstić information content (AvgIpc) is 3.20. The molecule has 1 saturated heterocycles. The van der Waals surface area contributed by atoms with Crippen molar-refractivity contribution >= 4 is 0 Å². The first-order valence-corrected chi connectivity index (χ1v) is 8.54. The van der Waals surface area contributed by atoms with E-state index in [0.29, 0.717) is 17.5 Å². The third-order valence-electron chi connectivity index (χ3n) is 4.95. The summed E-state index contributed by atoms with van der Waals surface area (Å²) in [6.07, 6.45) is 2.27. The maximum atomic E-state index is 5.58. The molecule has 0 aliphatic carbocycles. The van der Waals surface area contributed by atoms with Crippen molar-refractivity contribution in [3.8, 4) is 17.2 Å². The van der Waals surface area contributed by atoms with Gasteiger partial charge in [0.1, 0.15) is 11.5 Å². The van der Waals surface area contributed by atoms with Crippen LogP contribution in [0.3, 0.4) is 0 Å². The number of aromatic nitrogens is 1. The van der Waals surface area contributed by atoms with E-state index in [-0.39, 0.29) is 0 Å². The lowest BCUT2D eigenvalue weighted by Gasteiger charge is -2.26. The Morgan fingerprint density at radius 2 is 1.76 bits per heavy atom. The van der Waals surface area contributed by atoms with Gasteiger partial charge in [0.2, 0.25) is 0 Å². The first-order valence-electron chi connectivity index (χ1n) is 8.54. The summed E-state index contributed by atoms with van der Waals surface area (Å²) < 4.78 is 21.8. The van der Waals surface area contributed by atoms with Crippen molar-refractivity contribution in [3.05, 3.63) is 34.7 Å². The Morgan fingerprint density at radius 1 is 1.08 bits per heavy atom. The second kappa shape index (κ2) is 7.35. The fourth-order valence-electron chi connectivity index (χ4n) is 3.74. The Hall–Kier alpha value is -2.21. The van der Waals surface area contributed by atoms with Crippen molar-refractivity contribution in [2.45, 2.75) is 39.3 Å². The lowest BCUT2D eigenvalue weighted by Crippen LogP contribution is -2.23. The van der Waals surface area contributed by atoms with Gasteiger partial charge in [-0.3, -0.25) is 4.90 Å². The quantitative estimate of drug-likeness (QED) is 0.796. The van der Waals surface area contributed by atoms with E-state index < -0.39 is 0 Å². The summed E-state index contributed by atoms with van der Waals surface area (Å²) in [5.74, 6) is 3.11. The predicted molar refractivity (Wildman–Crippen MR) is 94.5 cm³/mol. The standard InChI is InChI=1S/C19H26N2O4/c1-12-19(13(2)25-20-12)15-7-6-8-21(15)11-14-9-17(23-4)18(24-5)10-16(14)22-3/h9-10,15H,6-8,11H2,1-5H3. The Kier molecular flexibility index (Phi) is 5.18. The second-order valence-corrected chi connectivity index (χ2v) is 6.39. The molecule has 1 aliphatic rings. The normalized spacial score (nSPS) is 17.7. The van der Waals surface area contributed by atoms with Gasteiger partial charge in [-0.25, -0.2) is 0 Å². The zero-order chi connectivity index (χ0) is 18.0. The second-order valence-electron chi connectivity index (χ2n) is 6.39. The maximum Gasteiger partial charge on any atom is 0.164 e. The average molecular weight is 346 g/mol. The van der Waals surface area contributed by atoms with E-state index in [1.165, 1.54) is 5.56 Å². The molecule has 0 amide bonds. The molecule has 1 atom stereocenters. The highest BCUT2D eigenvalue weighted by Crippen LogP contribution is 2.40. The molecule has 1 aromatic carbocycles. The summed E-state index contributed by atoms with van der Waals surface area (Å²) in [7, 11) is 4.96. The van der Waals surface area contributed by atoms with Crippen molar-refractivity contribution < 1.29 is 18.7 Å². The molecule has 0 saturated carbocycles. The summed E-state index contributed by atoms with van der Waals surface area (Å²) >= 11 is 0. The van der Waals surface area contributed by atoms with Crippen LogP contribution >= 0.6 is 0 Å². The molecule has 136 valence electrons. The zero-order valence-corrected chi connectivity index (χ0v) is 15.6. The van der Waals surface area contributed by atoms with E-state index in [9.17, 15) is 0 Å². The van der Waals surface area contributed by atoms with E-state index >= 15 is 0 Å². The Bertz CT molecular complexity index is 722. The fourth-order valence-corrected chi connectivity index (χ4v) is 3.74. The molecule has 1 aromatic heterocycles. The maximum absolute atomic E-state index is 5.58. The number of benzene rings is 1. The molecule has 3 rings (SSSR count). The molecular weight excluding hydrogens is 320 g/mol. The number of hydrogen-bond donors (Lipinski definition) is 0. The van der Waals surface area contributed by atoms with Gasteiger partial charge < -0.3 is 18.7 Å². The first-order chi connectivity index (χ1) is 12.1. The third-order valence-corrected chi connectivity index (χ3v) is 4.95. The topological polar surface area (TPSA) is 57.0 Å². The van der Waals surface area contributed by atoms with Gasteiger partial charge in [-0.05, 0) is 39.3 Å². The number of methoxy groups -OCH3 is 3. The molecule has 1 fully saturated rings. The minimum atomic E-state index is 0.323. The highest BCUT2D eigenvalue weighted by atomic mass is 16.5. The smallest absolute Gasteiger partial charge is 0.164 e. The molecule has 0 radical (unpaired) electrons. The summed E-state index contributed by atoms with van der Waals surface area (Å²) in [6.45, 7) is 5.81. The SMILES string of the molecule is COc1cc(OC)c(OC)cc1CN1CCCC1c1c(C)noc1C. The van der Waals surface area contributed by atoms with Crippen LogP contribution in [-0.4, -0.2) is 37.9 Å². The van der Waals surface area contributed by atoms with Crippen LogP contribution in [0.5, 0.6) is 17.2 Å². The first kappa shape index (κ1) is 17.6. The summed E-state index contributed by atoms with van der Waals surface area (Å²) in [5, 5.41) is 4.12. The molecule has 6 heteroatoms. The van der Waals surface area contributed by atoms with E-state index in [1.807, 2.05) is 26.0 Å². The highest BCUT2D eigenvalue weighted by Gasteiger charge is 2.31. The van der Waals surface area contributed by atoms with Gasteiger partial charge in [-0.15, -0.1) is 0 Å². The molecule has 0 N–H and O–H groups in total. The predicted octanol–water partition coefficient (Wildman–Crippen LogP) is 3.65. The summed E-state index contributed by atoms with van der Waals surface area (Å²) in [6, 6.07) is 4.21. The van der Waals surface area contributed by atoms with Crippen molar-refractivity contribution in [2.75, 3.05) is 27.9 Å². The zero-order valence-electron chi connectivity index (χ0n) is 15.6. The summed E-state index contributed by atoms with van der Waals surface area (Å²) in [5.41, 5.74) is 3.28. The van der Waals surface area contributed by atoms with Crippen LogP contribution in [0.25, 0.3) is 0 Å². The Labute approximate surface area is 148 Å². The molecule has 6 nitrogen and oxygen atoms in total. The van der Waals surface area contributed by atoms with Crippen LogP contribution in [0, 0.1) is 13.8 Å². The number of ether oxygens (including phenoxy) is 3. The summed E-state index contributed by atoms with van der Waals surface area (Å²) in [4.78, 5) is 2.45. The number of nitrogens with zero attached hydrogens (tertiary/aromatic N) is 2. The van der Waals surface area contributed by atoms with Crippen molar-refractivity contribution in [2.24, 2.45) is 0 Å². The molecule has 2 heterocycles. The number of aryl methyl sites for hydroxylation is 2. The third kappa shape index (κ3) is 3.31. The minimum absolute atomic E-state index is 0.323. The van der Waals surface area contributed by atoms with Gasteiger partial charge in [0.25, 0.3) is 0 Å². The van der Waals surface area contributed by atoms with Crippen molar-refractivity contribution in [1.82, 2.24) is 10.1 Å². The van der Waals surface area contributed by atoms with Crippen LogP contribution in [0.2, 0.25) is 0 Å². The fraction of sp³-hybridized carbons (Fsp3) is 0.526. The molecule has 2 aromatic rings. The van der Waals surface area contributed by atoms with E-state index in [2.05, 4.69) is 10.1 Å². The van der Waals surface area contributed by atoms with Crippen LogP contribution < -0.4 is 14.2 Å². The van der Waals surface area contributed by atoms with Gasteiger partial charge in [0.05, 0.1) is 27.0 Å². The Balaban J connectivity index is 1.91. The van der Waals surface area contributed by atoms with E-state index in [4.69, 9.17) is 18.7 Å². The molecular formula is C19H26N2O4. The Morgan fingerprint density at radius 3 is 2.36 bits per heavy atom. The molecule has 0 bridgehead atoms. The number of hydrogen-bond acceptors (Lipinski definition) is 6. The van der Waals surface area contributed by atoms with Gasteiger partial charge in [-0.1, -0.05) is 5.16 Å². The van der Waals surface area contributed by atoms with Crippen molar-refractivity contribution in [3.63, 3.8) is 0 Å². The molecule has 1 aliphatic heterocycles. The van der Waals surface area contributed by atoms with E-state index in [1.54, 1.807) is 21.3 Å². The molecule has 25 heavy (non-hydrogen) atoms. The molecule has 1 unspecified atom stereocenters.